The summed E-state index contributed by atoms with van der Waals surface area (Å²) in [5.74, 6) is 0.605. The third-order valence-electron chi connectivity index (χ3n) is 2.46. The lowest BCUT2D eigenvalue weighted by Crippen LogP contribution is -2.26. The summed E-state index contributed by atoms with van der Waals surface area (Å²) in [4.78, 5) is 23.1. The number of aromatic nitrogens is 2. The van der Waals surface area contributed by atoms with Crippen LogP contribution >= 0.6 is 34.9 Å². The highest BCUT2D eigenvalue weighted by Crippen LogP contribution is 2.28. The van der Waals surface area contributed by atoms with E-state index in [2.05, 4.69) is 20.8 Å². The van der Waals surface area contributed by atoms with Crippen molar-refractivity contribution in [1.29, 1.82) is 0 Å². The molecule has 0 aliphatic rings. The van der Waals surface area contributed by atoms with Crippen molar-refractivity contribution in [3.05, 3.63) is 0 Å². The fourth-order valence-electron chi connectivity index (χ4n) is 1.38. The predicted octanol–water partition coefficient (Wildman–Crippen LogP) is 1.40. The summed E-state index contributed by atoms with van der Waals surface area (Å²) in [7, 11) is 1.64. The van der Waals surface area contributed by atoms with E-state index < -0.39 is 0 Å². The highest BCUT2D eigenvalue weighted by molar-refractivity contribution is 8.03. The van der Waals surface area contributed by atoms with Gasteiger partial charge in [-0.25, -0.2) is 0 Å². The quantitative estimate of drug-likeness (QED) is 0.419. The molecule has 10 heteroatoms. The minimum atomic E-state index is -0.0329. The number of nitrogens with zero attached hydrogens (tertiary/aromatic N) is 2. The molecule has 0 saturated carbocycles. The molecule has 0 atom stereocenters. The maximum absolute atomic E-state index is 11.6. The molecule has 0 spiro atoms. The Bertz CT molecular complexity index is 485. The van der Waals surface area contributed by atoms with Gasteiger partial charge in [0.25, 0.3) is 0 Å². The Kier molecular flexibility index (Phi) is 11.0. The predicted molar refractivity (Wildman–Crippen MR) is 94.2 cm³/mol. The number of methoxy groups -OCH3 is 1. The highest BCUT2D eigenvalue weighted by atomic mass is 32.2. The summed E-state index contributed by atoms with van der Waals surface area (Å²) in [6.07, 6.45) is 1.72. The van der Waals surface area contributed by atoms with E-state index in [1.807, 2.05) is 6.92 Å². The van der Waals surface area contributed by atoms with Gasteiger partial charge in [-0.15, -0.1) is 10.2 Å². The minimum absolute atomic E-state index is 0.00307. The molecule has 2 N–H and O–H groups in total. The average Bonchev–Trinajstić information content (AvgIpc) is 3.01. The van der Waals surface area contributed by atoms with Gasteiger partial charge in [-0.1, -0.05) is 41.8 Å². The van der Waals surface area contributed by atoms with Crippen molar-refractivity contribution < 1.29 is 14.3 Å². The largest absolute Gasteiger partial charge is 0.385 e. The highest BCUT2D eigenvalue weighted by Gasteiger charge is 2.10. The van der Waals surface area contributed by atoms with Gasteiger partial charge in [0, 0.05) is 26.8 Å². The molecule has 23 heavy (non-hydrogen) atoms. The van der Waals surface area contributed by atoms with Crippen LogP contribution in [0.15, 0.2) is 8.68 Å². The molecule has 7 nitrogen and oxygen atoms in total. The van der Waals surface area contributed by atoms with Crippen LogP contribution in [0.4, 0.5) is 0 Å². The lowest BCUT2D eigenvalue weighted by molar-refractivity contribution is -0.119. The first-order chi connectivity index (χ1) is 11.2. The number of carbonyl (C=O) groups is 2. The lowest BCUT2D eigenvalue weighted by atomic mass is 10.4. The van der Waals surface area contributed by atoms with Crippen LogP contribution in [0.25, 0.3) is 0 Å². The van der Waals surface area contributed by atoms with E-state index >= 15 is 0 Å². The molecule has 2 amide bonds. The SMILES string of the molecule is CCCNC(=O)CSc1nnc(SCC(=O)NCCCOC)s1. The second kappa shape index (κ2) is 12.6. The third-order valence-corrected chi connectivity index (χ3v) is 5.65. The molecule has 1 rings (SSSR count). The van der Waals surface area contributed by atoms with Crippen LogP contribution in [0.5, 0.6) is 0 Å². The molecule has 0 radical (unpaired) electrons. The van der Waals surface area contributed by atoms with E-state index in [0.717, 1.165) is 21.5 Å². The van der Waals surface area contributed by atoms with Crippen LogP contribution in [-0.2, 0) is 14.3 Å². The van der Waals surface area contributed by atoms with Crippen LogP contribution in [0.3, 0.4) is 0 Å². The monoisotopic (exact) mass is 378 g/mol. The summed E-state index contributed by atoms with van der Waals surface area (Å²) < 4.78 is 6.38. The molecule has 130 valence electrons. The first-order valence-electron chi connectivity index (χ1n) is 7.27. The van der Waals surface area contributed by atoms with Crippen LogP contribution < -0.4 is 10.6 Å². The van der Waals surface area contributed by atoms with Gasteiger partial charge in [0.2, 0.25) is 11.8 Å². The summed E-state index contributed by atoms with van der Waals surface area (Å²) in [5.41, 5.74) is 0. The molecule has 1 aromatic rings. The topological polar surface area (TPSA) is 93.2 Å². The number of hydrogen-bond donors (Lipinski definition) is 2. The normalized spacial score (nSPS) is 10.5. The molecule has 0 unspecified atom stereocenters. The number of thioether (sulfide) groups is 2. The molecule has 0 bridgehead atoms. The summed E-state index contributed by atoms with van der Waals surface area (Å²) in [6, 6.07) is 0. The second-order valence-corrected chi connectivity index (χ2v) is 7.88. The first-order valence-corrected chi connectivity index (χ1v) is 10.1. The Morgan fingerprint density at radius 3 is 2.17 bits per heavy atom. The van der Waals surface area contributed by atoms with Crippen molar-refractivity contribution in [3.63, 3.8) is 0 Å². The zero-order valence-corrected chi connectivity index (χ0v) is 15.7. The molecule has 0 aromatic carbocycles. The Balaban J connectivity index is 2.20. The summed E-state index contributed by atoms with van der Waals surface area (Å²) in [5, 5.41) is 13.7. The number of nitrogens with one attached hydrogen (secondary N) is 2. The van der Waals surface area contributed by atoms with E-state index in [-0.39, 0.29) is 11.8 Å². The lowest BCUT2D eigenvalue weighted by Gasteiger charge is -2.03. The van der Waals surface area contributed by atoms with Gasteiger partial charge in [-0.3, -0.25) is 9.59 Å². The minimum Gasteiger partial charge on any atom is -0.385 e. The summed E-state index contributed by atoms with van der Waals surface area (Å²) in [6.45, 7) is 3.94. The van der Waals surface area contributed by atoms with Crippen LogP contribution in [0.2, 0.25) is 0 Å². The van der Waals surface area contributed by atoms with Crippen molar-refractivity contribution in [2.75, 3.05) is 38.3 Å². The number of rotatable bonds is 12. The fourth-order valence-corrected chi connectivity index (χ4v) is 4.06. The van der Waals surface area contributed by atoms with Crippen molar-refractivity contribution in [1.82, 2.24) is 20.8 Å². The van der Waals surface area contributed by atoms with Gasteiger partial charge >= 0.3 is 0 Å². The van der Waals surface area contributed by atoms with Crippen molar-refractivity contribution in [3.8, 4) is 0 Å². The first kappa shape index (κ1) is 20.2. The second-order valence-electron chi connectivity index (χ2n) is 4.46. The van der Waals surface area contributed by atoms with Crippen molar-refractivity contribution in [2.45, 2.75) is 28.4 Å². The molecule has 0 aliphatic heterocycles. The van der Waals surface area contributed by atoms with Crippen LogP contribution in [-0.4, -0.2) is 60.3 Å². The van der Waals surface area contributed by atoms with Gasteiger partial charge in [-0.05, 0) is 12.8 Å². The van der Waals surface area contributed by atoms with Gasteiger partial charge in [-0.2, -0.15) is 0 Å². The van der Waals surface area contributed by atoms with E-state index in [0.29, 0.717) is 31.2 Å². The Morgan fingerprint density at radius 1 is 1.09 bits per heavy atom. The van der Waals surface area contributed by atoms with Gasteiger partial charge in [0.1, 0.15) is 0 Å². The van der Waals surface area contributed by atoms with Crippen molar-refractivity contribution in [2.24, 2.45) is 0 Å². The fraction of sp³-hybridized carbons (Fsp3) is 0.692. The third kappa shape index (κ3) is 9.80. The van der Waals surface area contributed by atoms with E-state index in [1.54, 1.807) is 7.11 Å². The molecule has 0 aliphatic carbocycles. The molecular weight excluding hydrogens is 356 g/mol. The maximum atomic E-state index is 11.6. The Labute approximate surface area is 148 Å². The van der Waals surface area contributed by atoms with Gasteiger partial charge < -0.3 is 15.4 Å². The number of amides is 2. The molecule has 1 heterocycles. The number of ether oxygens (including phenoxy) is 1. The van der Waals surface area contributed by atoms with Crippen LogP contribution in [0.1, 0.15) is 19.8 Å². The average molecular weight is 379 g/mol. The van der Waals surface area contributed by atoms with E-state index in [4.69, 9.17) is 4.74 Å². The van der Waals surface area contributed by atoms with Gasteiger partial charge in [0.15, 0.2) is 8.68 Å². The molecule has 1 aromatic heterocycles. The van der Waals surface area contributed by atoms with Crippen LogP contribution in [0, 0.1) is 0 Å². The Morgan fingerprint density at radius 2 is 1.65 bits per heavy atom. The van der Waals surface area contributed by atoms with Crippen molar-refractivity contribution >= 4 is 46.7 Å². The molecular formula is C13H22N4O3S3. The zero-order valence-electron chi connectivity index (χ0n) is 13.3. The zero-order chi connectivity index (χ0) is 16.9. The van der Waals surface area contributed by atoms with E-state index in [1.165, 1.54) is 34.9 Å². The summed E-state index contributed by atoms with van der Waals surface area (Å²) >= 11 is 4.10. The Hall–Kier alpha value is -0.840. The smallest absolute Gasteiger partial charge is 0.230 e. The van der Waals surface area contributed by atoms with Gasteiger partial charge in [0.05, 0.1) is 11.5 Å². The standard InChI is InChI=1S/C13H22N4O3S3/c1-3-5-14-10(18)8-21-12-16-17-13(23-12)22-9-11(19)15-6-4-7-20-2/h3-9H2,1-2H3,(H,14,18)(H,15,19). The molecule has 0 saturated heterocycles. The maximum Gasteiger partial charge on any atom is 0.230 e. The molecule has 0 fully saturated rings. The number of hydrogen-bond acceptors (Lipinski definition) is 8. The van der Waals surface area contributed by atoms with E-state index in [9.17, 15) is 9.59 Å². The number of carbonyl (C=O) groups excluding carboxylic acids is 2.